The van der Waals surface area contributed by atoms with E-state index in [9.17, 15) is 9.59 Å². The van der Waals surface area contributed by atoms with Crippen LogP contribution >= 0.6 is 11.8 Å². The van der Waals surface area contributed by atoms with Crippen LogP contribution in [0.1, 0.15) is 5.56 Å². The molecule has 0 saturated heterocycles. The smallest absolute Gasteiger partial charge is 0.282 e. The number of methoxy groups -OCH3 is 1. The van der Waals surface area contributed by atoms with E-state index >= 15 is 0 Å². The van der Waals surface area contributed by atoms with Gasteiger partial charge in [-0.05, 0) is 30.3 Å². The number of ether oxygens (including phenoxy) is 1. The molecular weight excluding hydrogens is 340 g/mol. The van der Waals surface area contributed by atoms with E-state index in [0.29, 0.717) is 11.4 Å². The maximum absolute atomic E-state index is 12.5. The molecule has 0 saturated carbocycles. The van der Waals surface area contributed by atoms with Gasteiger partial charge in [0.05, 0.1) is 7.11 Å². The number of benzene rings is 2. The Morgan fingerprint density at radius 3 is 2.72 bits per heavy atom. The second kappa shape index (κ2) is 5.82. The third-order valence-electron chi connectivity index (χ3n) is 3.98. The van der Waals surface area contributed by atoms with E-state index in [4.69, 9.17) is 4.74 Å². The normalized spacial score (nSPS) is 20.5. The molecule has 1 atom stereocenters. The van der Waals surface area contributed by atoms with Crippen molar-refractivity contribution in [3.63, 3.8) is 0 Å². The molecule has 0 fully saturated rings. The highest BCUT2D eigenvalue weighted by Gasteiger charge is 2.52. The van der Waals surface area contributed by atoms with E-state index in [1.165, 1.54) is 0 Å². The molecule has 4 rings (SSSR count). The van der Waals surface area contributed by atoms with Crippen LogP contribution in [0.4, 0.5) is 11.4 Å². The molecule has 126 valence electrons. The van der Waals surface area contributed by atoms with Gasteiger partial charge in [0.2, 0.25) is 4.87 Å². The molecular formula is C17H14N4O3S. The first-order valence-electron chi connectivity index (χ1n) is 7.52. The summed E-state index contributed by atoms with van der Waals surface area (Å²) in [6.07, 6.45) is 0. The largest absolute Gasteiger partial charge is 0.497 e. The first-order chi connectivity index (χ1) is 12.1. The summed E-state index contributed by atoms with van der Waals surface area (Å²) in [5, 5.41) is 9.85. The SMILES string of the molecule is COc1ccc(NC(=O)C2=NNC3(S2)C(=O)Nc2ccccc23)cc1. The lowest BCUT2D eigenvalue weighted by Gasteiger charge is -2.19. The second-order valence-corrected chi connectivity index (χ2v) is 6.70. The van der Waals surface area contributed by atoms with Crippen molar-refractivity contribution in [3.8, 4) is 5.75 Å². The zero-order valence-electron chi connectivity index (χ0n) is 13.2. The molecule has 1 spiro atoms. The average molecular weight is 354 g/mol. The number of amides is 2. The molecule has 7 nitrogen and oxygen atoms in total. The summed E-state index contributed by atoms with van der Waals surface area (Å²) >= 11 is 1.10. The Kier molecular flexibility index (Phi) is 3.61. The standard InChI is InChI=1S/C17H14N4O3S/c1-24-11-8-6-10(7-9-11)18-14(22)15-20-21-17(25-15)12-4-2-3-5-13(12)19-16(17)23/h2-9,21H,1H3,(H,18,22)(H,19,23). The summed E-state index contributed by atoms with van der Waals surface area (Å²) < 4.78 is 5.09. The number of hydrogen-bond acceptors (Lipinski definition) is 6. The fraction of sp³-hybridized carbons (Fsp3) is 0.118. The predicted octanol–water partition coefficient (Wildman–Crippen LogP) is 2.09. The van der Waals surface area contributed by atoms with Gasteiger partial charge < -0.3 is 15.4 Å². The third kappa shape index (κ3) is 2.51. The minimum atomic E-state index is -1.09. The van der Waals surface area contributed by atoms with E-state index < -0.39 is 4.87 Å². The number of fused-ring (bicyclic) bond motifs is 2. The number of carbonyl (C=O) groups excluding carboxylic acids is 2. The fourth-order valence-corrected chi connectivity index (χ4v) is 3.77. The zero-order chi connectivity index (χ0) is 17.4. The van der Waals surface area contributed by atoms with Gasteiger partial charge in [0.15, 0.2) is 5.04 Å². The van der Waals surface area contributed by atoms with Crippen molar-refractivity contribution in [2.45, 2.75) is 4.87 Å². The number of carbonyl (C=O) groups is 2. The van der Waals surface area contributed by atoms with E-state index in [-0.39, 0.29) is 16.9 Å². The van der Waals surface area contributed by atoms with E-state index in [0.717, 1.165) is 23.0 Å². The molecule has 1 unspecified atom stereocenters. The van der Waals surface area contributed by atoms with Gasteiger partial charge in [-0.3, -0.25) is 15.0 Å². The van der Waals surface area contributed by atoms with Gasteiger partial charge in [-0.15, -0.1) is 0 Å². The fourth-order valence-electron chi connectivity index (χ4n) is 2.72. The van der Waals surface area contributed by atoms with Crippen LogP contribution in [-0.4, -0.2) is 24.0 Å². The Labute approximate surface area is 147 Å². The van der Waals surface area contributed by atoms with Crippen molar-refractivity contribution in [1.29, 1.82) is 0 Å². The van der Waals surface area contributed by atoms with Gasteiger partial charge in [0.25, 0.3) is 11.8 Å². The topological polar surface area (TPSA) is 91.8 Å². The number of thioether (sulfide) groups is 1. The Morgan fingerprint density at radius 2 is 1.96 bits per heavy atom. The lowest BCUT2D eigenvalue weighted by atomic mass is 10.1. The molecule has 8 heteroatoms. The van der Waals surface area contributed by atoms with Crippen molar-refractivity contribution >= 4 is 40.0 Å². The molecule has 0 radical (unpaired) electrons. The Morgan fingerprint density at radius 1 is 1.20 bits per heavy atom. The van der Waals surface area contributed by atoms with Gasteiger partial charge in [0.1, 0.15) is 5.75 Å². The monoisotopic (exact) mass is 354 g/mol. The van der Waals surface area contributed by atoms with Crippen molar-refractivity contribution in [1.82, 2.24) is 5.43 Å². The van der Waals surface area contributed by atoms with Crippen LogP contribution in [0, 0.1) is 0 Å². The van der Waals surface area contributed by atoms with Crippen LogP contribution in [-0.2, 0) is 14.5 Å². The van der Waals surface area contributed by atoms with E-state index in [2.05, 4.69) is 21.2 Å². The first-order valence-corrected chi connectivity index (χ1v) is 8.34. The van der Waals surface area contributed by atoms with Gasteiger partial charge >= 0.3 is 0 Å². The Balaban J connectivity index is 1.52. The molecule has 2 heterocycles. The number of hydrazone groups is 1. The number of anilines is 2. The molecule has 2 aromatic carbocycles. The lowest BCUT2D eigenvalue weighted by Crippen LogP contribution is -2.39. The van der Waals surface area contributed by atoms with Gasteiger partial charge in [0, 0.05) is 16.9 Å². The van der Waals surface area contributed by atoms with Crippen LogP contribution in [0.15, 0.2) is 53.6 Å². The summed E-state index contributed by atoms with van der Waals surface area (Å²) in [4.78, 5) is 23.8. The molecule has 2 aromatic rings. The van der Waals surface area contributed by atoms with Crippen LogP contribution in [0.3, 0.4) is 0 Å². The van der Waals surface area contributed by atoms with Crippen LogP contribution < -0.4 is 20.8 Å². The zero-order valence-corrected chi connectivity index (χ0v) is 14.0. The lowest BCUT2D eigenvalue weighted by molar-refractivity contribution is -0.118. The average Bonchev–Trinajstić information content (AvgIpc) is 3.20. The number of rotatable bonds is 3. The Hall–Kier alpha value is -3.00. The molecule has 3 N–H and O–H groups in total. The Bertz CT molecular complexity index is 897. The van der Waals surface area contributed by atoms with Crippen LogP contribution in [0.2, 0.25) is 0 Å². The number of nitrogens with zero attached hydrogens (tertiary/aromatic N) is 1. The van der Waals surface area contributed by atoms with Crippen molar-refractivity contribution < 1.29 is 14.3 Å². The molecule has 25 heavy (non-hydrogen) atoms. The summed E-state index contributed by atoms with van der Waals surface area (Å²) in [6.45, 7) is 0. The minimum absolute atomic E-state index is 0.197. The summed E-state index contributed by atoms with van der Waals surface area (Å²) in [6, 6.07) is 14.3. The quantitative estimate of drug-likeness (QED) is 0.785. The van der Waals surface area contributed by atoms with Crippen LogP contribution in [0.5, 0.6) is 5.75 Å². The highest BCUT2D eigenvalue weighted by atomic mass is 32.2. The number of hydrogen-bond donors (Lipinski definition) is 3. The first kappa shape index (κ1) is 15.5. The predicted molar refractivity (Wildman–Crippen MR) is 96.5 cm³/mol. The van der Waals surface area contributed by atoms with E-state index in [1.54, 1.807) is 31.4 Å². The van der Waals surface area contributed by atoms with Crippen molar-refractivity contribution in [2.24, 2.45) is 5.10 Å². The van der Waals surface area contributed by atoms with Crippen LogP contribution in [0.25, 0.3) is 0 Å². The van der Waals surface area contributed by atoms with Crippen molar-refractivity contribution in [3.05, 3.63) is 54.1 Å². The minimum Gasteiger partial charge on any atom is -0.497 e. The molecule has 0 aromatic heterocycles. The highest BCUT2D eigenvalue weighted by Crippen LogP contribution is 2.46. The molecule has 2 amide bonds. The highest BCUT2D eigenvalue weighted by molar-refractivity contribution is 8.17. The summed E-state index contributed by atoms with van der Waals surface area (Å²) in [5.41, 5.74) is 4.93. The molecule has 0 aliphatic carbocycles. The maximum atomic E-state index is 12.5. The third-order valence-corrected chi connectivity index (χ3v) is 5.25. The van der Waals surface area contributed by atoms with Gasteiger partial charge in [-0.2, -0.15) is 5.10 Å². The summed E-state index contributed by atoms with van der Waals surface area (Å²) in [7, 11) is 1.58. The van der Waals surface area contributed by atoms with Gasteiger partial charge in [-0.1, -0.05) is 30.0 Å². The van der Waals surface area contributed by atoms with E-state index in [1.807, 2.05) is 24.3 Å². The molecule has 2 aliphatic rings. The van der Waals surface area contributed by atoms with Crippen molar-refractivity contribution in [2.75, 3.05) is 17.7 Å². The van der Waals surface area contributed by atoms with Gasteiger partial charge in [-0.25, -0.2) is 0 Å². The number of para-hydroxylation sites is 1. The number of nitrogens with one attached hydrogen (secondary N) is 3. The molecule has 2 aliphatic heterocycles. The second-order valence-electron chi connectivity index (χ2n) is 5.49. The molecule has 0 bridgehead atoms. The summed E-state index contributed by atoms with van der Waals surface area (Å²) in [5.74, 6) is 0.0804. The maximum Gasteiger partial charge on any atom is 0.282 e.